The van der Waals surface area contributed by atoms with Crippen molar-refractivity contribution in [1.82, 2.24) is 14.4 Å². The zero-order chi connectivity index (χ0) is 24.9. The first-order valence-electron chi connectivity index (χ1n) is 11.5. The molecule has 2 amide bonds. The molecule has 1 aliphatic rings. The molecule has 0 radical (unpaired) electrons. The van der Waals surface area contributed by atoms with E-state index in [4.69, 9.17) is 16.3 Å². The molecule has 0 bridgehead atoms. The number of carbonyl (C=O) groups excluding carboxylic acids is 2. The van der Waals surface area contributed by atoms with Crippen molar-refractivity contribution in [3.05, 3.63) is 93.4 Å². The Morgan fingerprint density at radius 3 is 2.31 bits per heavy atom. The van der Waals surface area contributed by atoms with Crippen molar-refractivity contribution in [1.29, 1.82) is 0 Å². The third kappa shape index (κ3) is 5.74. The molecule has 8 heteroatoms. The lowest BCUT2D eigenvalue weighted by Gasteiger charge is -2.32. The molecule has 1 fully saturated rings. The monoisotopic (exact) mass is 493 g/mol. The van der Waals surface area contributed by atoms with Crippen LogP contribution < -0.4 is 5.56 Å². The molecule has 3 aromatic rings. The van der Waals surface area contributed by atoms with E-state index in [1.165, 1.54) is 4.90 Å². The Bertz CT molecular complexity index is 1260. The van der Waals surface area contributed by atoms with E-state index in [2.05, 4.69) is 0 Å². The summed E-state index contributed by atoms with van der Waals surface area (Å²) in [5, 5.41) is 0.344. The Morgan fingerprint density at radius 2 is 1.69 bits per heavy atom. The van der Waals surface area contributed by atoms with Crippen molar-refractivity contribution >= 4 is 23.6 Å². The summed E-state index contributed by atoms with van der Waals surface area (Å²) in [4.78, 5) is 40.7. The molecule has 2 aromatic carbocycles. The molecule has 0 unspecified atom stereocenters. The predicted molar refractivity (Wildman–Crippen MR) is 136 cm³/mol. The number of amides is 2. The Kier molecular flexibility index (Phi) is 7.56. The summed E-state index contributed by atoms with van der Waals surface area (Å²) in [6.45, 7) is 1.31. The molecular formula is C27H28ClN3O4. The number of ether oxygens (including phenoxy) is 1. The Labute approximate surface area is 209 Å². The lowest BCUT2D eigenvalue weighted by Crippen LogP contribution is -2.40. The van der Waals surface area contributed by atoms with Gasteiger partial charge in [0.15, 0.2) is 0 Å². The van der Waals surface area contributed by atoms with Gasteiger partial charge in [-0.2, -0.15) is 0 Å². The SMILES string of the molecule is CN(C)C(=O)c1ccc(-c2ccn(C3CCN(C(=O)OCc4ccccc4)CC3)c(=O)c2)cc1Cl. The van der Waals surface area contributed by atoms with E-state index in [0.29, 0.717) is 36.5 Å². The van der Waals surface area contributed by atoms with Gasteiger partial charge in [0, 0.05) is 45.5 Å². The average Bonchev–Trinajstić information content (AvgIpc) is 2.87. The Balaban J connectivity index is 1.38. The summed E-state index contributed by atoms with van der Waals surface area (Å²) in [5.74, 6) is -0.174. The van der Waals surface area contributed by atoms with Gasteiger partial charge < -0.3 is 19.1 Å². The van der Waals surface area contributed by atoms with Crippen LogP contribution in [0.25, 0.3) is 11.1 Å². The van der Waals surface area contributed by atoms with Gasteiger partial charge >= 0.3 is 6.09 Å². The molecule has 1 aliphatic heterocycles. The standard InChI is InChI=1S/C27H28ClN3O4/c1-29(2)26(33)23-9-8-20(16-24(23)28)21-10-15-31(25(32)17-21)22-11-13-30(14-12-22)27(34)35-18-19-6-4-3-5-7-19/h3-10,15-17,22H,11-14,18H2,1-2H3. The van der Waals surface area contributed by atoms with Crippen LogP contribution in [0, 0.1) is 0 Å². The van der Waals surface area contributed by atoms with E-state index in [1.807, 2.05) is 36.4 Å². The van der Waals surface area contributed by atoms with Crippen LogP contribution in [0.3, 0.4) is 0 Å². The van der Waals surface area contributed by atoms with E-state index in [1.54, 1.807) is 54.0 Å². The molecule has 0 spiro atoms. The van der Waals surface area contributed by atoms with Crippen molar-refractivity contribution < 1.29 is 14.3 Å². The molecule has 0 saturated carbocycles. The summed E-state index contributed by atoms with van der Waals surface area (Å²) in [6, 6.07) is 18.2. The maximum Gasteiger partial charge on any atom is 0.410 e. The first-order chi connectivity index (χ1) is 16.8. The van der Waals surface area contributed by atoms with Crippen molar-refractivity contribution in [3.8, 4) is 11.1 Å². The summed E-state index contributed by atoms with van der Waals surface area (Å²) in [5.41, 5.74) is 2.76. The molecule has 182 valence electrons. The minimum absolute atomic E-state index is 0.0124. The predicted octanol–water partition coefficient (Wildman–Crippen LogP) is 4.84. The highest BCUT2D eigenvalue weighted by Crippen LogP contribution is 2.27. The minimum atomic E-state index is -0.330. The maximum atomic E-state index is 12.9. The maximum absolute atomic E-state index is 12.9. The highest BCUT2D eigenvalue weighted by Gasteiger charge is 2.25. The molecule has 0 N–H and O–H groups in total. The van der Waals surface area contributed by atoms with Crippen LogP contribution in [0.5, 0.6) is 0 Å². The number of pyridine rings is 1. The second-order valence-corrected chi connectivity index (χ2v) is 9.22. The number of piperidine rings is 1. The molecule has 7 nitrogen and oxygen atoms in total. The number of hydrogen-bond acceptors (Lipinski definition) is 4. The highest BCUT2D eigenvalue weighted by molar-refractivity contribution is 6.34. The van der Waals surface area contributed by atoms with E-state index >= 15 is 0 Å². The van der Waals surface area contributed by atoms with Crippen LogP contribution in [0.4, 0.5) is 4.79 Å². The van der Waals surface area contributed by atoms with E-state index in [0.717, 1.165) is 16.7 Å². The van der Waals surface area contributed by atoms with Gasteiger partial charge in [-0.1, -0.05) is 48.0 Å². The van der Waals surface area contributed by atoms with Crippen LogP contribution in [0.2, 0.25) is 5.02 Å². The van der Waals surface area contributed by atoms with Crippen molar-refractivity contribution in [2.45, 2.75) is 25.5 Å². The number of carbonyl (C=O) groups is 2. The number of nitrogens with zero attached hydrogens (tertiary/aromatic N) is 3. The molecule has 0 aliphatic carbocycles. The number of rotatable bonds is 5. The van der Waals surface area contributed by atoms with Crippen molar-refractivity contribution in [2.24, 2.45) is 0 Å². The van der Waals surface area contributed by atoms with Crippen molar-refractivity contribution in [3.63, 3.8) is 0 Å². The van der Waals surface area contributed by atoms with Crippen LogP contribution in [-0.4, -0.2) is 53.6 Å². The molecule has 1 aromatic heterocycles. The molecular weight excluding hydrogens is 466 g/mol. The van der Waals surface area contributed by atoms with Crippen LogP contribution in [0.15, 0.2) is 71.7 Å². The van der Waals surface area contributed by atoms with Gasteiger partial charge in [0.05, 0.1) is 10.6 Å². The fourth-order valence-corrected chi connectivity index (χ4v) is 4.48. The fourth-order valence-electron chi connectivity index (χ4n) is 4.22. The first kappa shape index (κ1) is 24.5. The van der Waals surface area contributed by atoms with Crippen LogP contribution in [0.1, 0.15) is 34.8 Å². The summed E-state index contributed by atoms with van der Waals surface area (Å²) in [6.07, 6.45) is 2.81. The van der Waals surface area contributed by atoms with Gasteiger partial charge in [-0.05, 0) is 47.7 Å². The van der Waals surface area contributed by atoms with Gasteiger partial charge in [0.1, 0.15) is 6.61 Å². The number of benzene rings is 2. The van der Waals surface area contributed by atoms with E-state index in [-0.39, 0.29) is 30.2 Å². The summed E-state index contributed by atoms with van der Waals surface area (Å²) in [7, 11) is 3.34. The minimum Gasteiger partial charge on any atom is -0.445 e. The number of hydrogen-bond donors (Lipinski definition) is 0. The topological polar surface area (TPSA) is 71.8 Å². The number of halogens is 1. The molecule has 4 rings (SSSR count). The first-order valence-corrected chi connectivity index (χ1v) is 11.9. The Morgan fingerprint density at radius 1 is 1.00 bits per heavy atom. The number of likely N-dealkylation sites (tertiary alicyclic amines) is 1. The molecule has 1 saturated heterocycles. The number of aromatic nitrogens is 1. The summed E-state index contributed by atoms with van der Waals surface area (Å²) < 4.78 is 7.15. The zero-order valence-electron chi connectivity index (χ0n) is 19.8. The molecule has 2 heterocycles. The zero-order valence-corrected chi connectivity index (χ0v) is 20.6. The third-order valence-electron chi connectivity index (χ3n) is 6.21. The largest absolute Gasteiger partial charge is 0.445 e. The fraction of sp³-hybridized carbons (Fsp3) is 0.296. The van der Waals surface area contributed by atoms with Crippen LogP contribution >= 0.6 is 11.6 Å². The smallest absolute Gasteiger partial charge is 0.410 e. The van der Waals surface area contributed by atoms with Crippen LogP contribution in [-0.2, 0) is 11.3 Å². The third-order valence-corrected chi connectivity index (χ3v) is 6.52. The second-order valence-electron chi connectivity index (χ2n) is 8.81. The summed E-state index contributed by atoms with van der Waals surface area (Å²) >= 11 is 6.33. The van der Waals surface area contributed by atoms with Gasteiger partial charge in [0.2, 0.25) is 0 Å². The van der Waals surface area contributed by atoms with Gasteiger partial charge in [-0.25, -0.2) is 4.79 Å². The van der Waals surface area contributed by atoms with E-state index in [9.17, 15) is 14.4 Å². The van der Waals surface area contributed by atoms with Gasteiger partial charge in [-0.15, -0.1) is 0 Å². The lowest BCUT2D eigenvalue weighted by atomic mass is 10.0. The second kappa shape index (κ2) is 10.8. The molecule has 35 heavy (non-hydrogen) atoms. The quantitative estimate of drug-likeness (QED) is 0.509. The highest BCUT2D eigenvalue weighted by atomic mass is 35.5. The van der Waals surface area contributed by atoms with E-state index < -0.39 is 0 Å². The molecule has 0 atom stereocenters. The van der Waals surface area contributed by atoms with Gasteiger partial charge in [0.25, 0.3) is 11.5 Å². The lowest BCUT2D eigenvalue weighted by molar-refractivity contribution is 0.0821. The average molecular weight is 494 g/mol. The normalized spacial score (nSPS) is 14.0. The van der Waals surface area contributed by atoms with Gasteiger partial charge in [-0.3, -0.25) is 9.59 Å². The van der Waals surface area contributed by atoms with Crippen molar-refractivity contribution in [2.75, 3.05) is 27.2 Å². The Hall–Kier alpha value is -3.58.